The van der Waals surface area contributed by atoms with Gasteiger partial charge in [-0.05, 0) is 26.0 Å². The van der Waals surface area contributed by atoms with E-state index < -0.39 is 0 Å². The van der Waals surface area contributed by atoms with Crippen LogP contribution in [0.4, 0.5) is 0 Å². The first-order chi connectivity index (χ1) is 12.6. The average molecular weight is 363 g/mol. The number of nitrogens with one attached hydrogen (secondary N) is 1. The molecule has 3 aromatic heterocycles. The van der Waals surface area contributed by atoms with Crippen molar-refractivity contribution in [1.29, 1.82) is 5.26 Å². The van der Waals surface area contributed by atoms with Crippen molar-refractivity contribution in [1.82, 2.24) is 19.9 Å². The lowest BCUT2D eigenvalue weighted by Gasteiger charge is -2.06. The van der Waals surface area contributed by atoms with E-state index in [2.05, 4.69) is 26.0 Å². The molecule has 0 aliphatic heterocycles. The molecule has 128 valence electrons. The minimum atomic E-state index is -0.322. The number of hydrogen-bond donors (Lipinski definition) is 1. The normalized spacial score (nSPS) is 11.1. The molecule has 1 aromatic carbocycles. The van der Waals surface area contributed by atoms with E-state index in [1.807, 2.05) is 18.2 Å². The molecule has 0 atom stereocenters. The van der Waals surface area contributed by atoms with Gasteiger partial charge in [0.15, 0.2) is 0 Å². The van der Waals surface area contributed by atoms with Crippen molar-refractivity contribution in [3.8, 4) is 6.07 Å². The van der Waals surface area contributed by atoms with E-state index in [-0.39, 0.29) is 11.1 Å². The van der Waals surface area contributed by atoms with Gasteiger partial charge in [-0.25, -0.2) is 15.0 Å². The molecule has 0 fully saturated rings. The molecular weight excluding hydrogens is 350 g/mol. The van der Waals surface area contributed by atoms with Crippen LogP contribution in [0.2, 0.25) is 0 Å². The van der Waals surface area contributed by atoms with Gasteiger partial charge in [-0.1, -0.05) is 23.9 Å². The lowest BCUT2D eigenvalue weighted by atomic mass is 10.2. The number of fused-ring (bicyclic) bond motifs is 3. The van der Waals surface area contributed by atoms with Crippen LogP contribution in [0.25, 0.3) is 22.1 Å². The second-order valence-electron chi connectivity index (χ2n) is 5.73. The molecule has 4 rings (SSSR count). The van der Waals surface area contributed by atoms with Crippen molar-refractivity contribution in [3.05, 3.63) is 57.5 Å². The second kappa shape index (κ2) is 6.28. The summed E-state index contributed by atoms with van der Waals surface area (Å²) in [5, 5.41) is 10.7. The van der Waals surface area contributed by atoms with Crippen LogP contribution in [-0.2, 0) is 5.75 Å². The average Bonchev–Trinajstić information content (AvgIpc) is 2.99. The molecule has 0 saturated carbocycles. The number of rotatable bonds is 3. The molecule has 3 heterocycles. The van der Waals surface area contributed by atoms with Crippen LogP contribution in [0, 0.1) is 25.2 Å². The summed E-state index contributed by atoms with van der Waals surface area (Å²) in [6, 6.07) is 9.53. The van der Waals surface area contributed by atoms with Gasteiger partial charge in [-0.2, -0.15) is 5.26 Å². The van der Waals surface area contributed by atoms with E-state index in [1.165, 1.54) is 11.8 Å². The molecular formula is C18H13N5O2S. The molecule has 7 nitrogen and oxygen atoms in total. The summed E-state index contributed by atoms with van der Waals surface area (Å²) in [6.07, 6.45) is 0. The third kappa shape index (κ3) is 2.72. The largest absolute Gasteiger partial charge is 0.449 e. The maximum atomic E-state index is 12.3. The van der Waals surface area contributed by atoms with Crippen molar-refractivity contribution >= 4 is 33.8 Å². The van der Waals surface area contributed by atoms with Crippen LogP contribution in [0.3, 0.4) is 0 Å². The van der Waals surface area contributed by atoms with Crippen molar-refractivity contribution in [3.63, 3.8) is 0 Å². The fraction of sp³-hybridized carbons (Fsp3) is 0.167. The summed E-state index contributed by atoms with van der Waals surface area (Å²) >= 11 is 1.34. The van der Waals surface area contributed by atoms with E-state index in [1.54, 1.807) is 19.9 Å². The maximum absolute atomic E-state index is 12.3. The van der Waals surface area contributed by atoms with Crippen LogP contribution in [-0.4, -0.2) is 19.9 Å². The zero-order chi connectivity index (χ0) is 18.3. The highest BCUT2D eigenvalue weighted by Crippen LogP contribution is 2.27. The summed E-state index contributed by atoms with van der Waals surface area (Å²) in [5.74, 6) is 1.47. The zero-order valence-electron chi connectivity index (χ0n) is 14.0. The predicted octanol–water partition coefficient (Wildman–Crippen LogP) is 3.24. The highest BCUT2D eigenvalue weighted by atomic mass is 32.2. The lowest BCUT2D eigenvalue weighted by Crippen LogP contribution is -2.10. The zero-order valence-corrected chi connectivity index (χ0v) is 14.8. The van der Waals surface area contributed by atoms with Gasteiger partial charge in [-0.3, -0.25) is 4.79 Å². The highest BCUT2D eigenvalue weighted by molar-refractivity contribution is 7.98. The van der Waals surface area contributed by atoms with E-state index in [4.69, 9.17) is 4.42 Å². The first-order valence-electron chi connectivity index (χ1n) is 7.85. The molecule has 0 aliphatic carbocycles. The Balaban J connectivity index is 1.74. The minimum Gasteiger partial charge on any atom is -0.449 e. The third-order valence-corrected chi connectivity index (χ3v) is 4.89. The monoisotopic (exact) mass is 363 g/mol. The Bertz CT molecular complexity index is 1250. The fourth-order valence-corrected chi connectivity index (χ4v) is 3.71. The van der Waals surface area contributed by atoms with E-state index in [0.717, 1.165) is 5.39 Å². The summed E-state index contributed by atoms with van der Waals surface area (Å²) < 4.78 is 5.59. The van der Waals surface area contributed by atoms with E-state index in [9.17, 15) is 10.1 Å². The number of aryl methyl sites for hydroxylation is 2. The molecule has 0 bridgehead atoms. The standard InChI is InChI=1S/C18H13N5O2S/c1-9-12(7-19)18(21-10(2)20-9)26-8-14-22-15-11-5-3-4-6-13(11)25-16(15)17(24)23-14/h3-6H,8H2,1-2H3,(H,22,23,24). The van der Waals surface area contributed by atoms with Crippen LogP contribution in [0.15, 0.2) is 38.5 Å². The second-order valence-corrected chi connectivity index (χ2v) is 6.69. The molecule has 0 spiro atoms. The van der Waals surface area contributed by atoms with Gasteiger partial charge in [0.05, 0.1) is 11.4 Å². The van der Waals surface area contributed by atoms with E-state index in [0.29, 0.717) is 44.8 Å². The molecule has 0 radical (unpaired) electrons. The van der Waals surface area contributed by atoms with Crippen LogP contribution in [0.1, 0.15) is 22.9 Å². The van der Waals surface area contributed by atoms with Gasteiger partial charge in [-0.15, -0.1) is 0 Å². The Morgan fingerprint density at radius 2 is 2.04 bits per heavy atom. The molecule has 26 heavy (non-hydrogen) atoms. The maximum Gasteiger partial charge on any atom is 0.294 e. The predicted molar refractivity (Wildman–Crippen MR) is 97.9 cm³/mol. The topological polar surface area (TPSA) is 108 Å². The Hall–Kier alpha value is -3.18. The molecule has 0 saturated heterocycles. The number of H-pyrrole nitrogens is 1. The Kier molecular flexibility index (Phi) is 3.93. The number of nitriles is 1. The van der Waals surface area contributed by atoms with Crippen molar-refractivity contribution in [2.75, 3.05) is 0 Å². The number of nitrogens with zero attached hydrogens (tertiary/aromatic N) is 4. The van der Waals surface area contributed by atoms with Gasteiger partial charge >= 0.3 is 0 Å². The number of hydrogen-bond acceptors (Lipinski definition) is 7. The summed E-state index contributed by atoms with van der Waals surface area (Å²) in [4.78, 5) is 28.2. The smallest absolute Gasteiger partial charge is 0.294 e. The van der Waals surface area contributed by atoms with Gasteiger partial charge < -0.3 is 9.40 Å². The first kappa shape index (κ1) is 16.3. The fourth-order valence-electron chi connectivity index (χ4n) is 2.77. The number of thioether (sulfide) groups is 1. The summed E-state index contributed by atoms with van der Waals surface area (Å²) in [5.41, 5.74) is 2.14. The molecule has 0 amide bonds. The van der Waals surface area contributed by atoms with Crippen molar-refractivity contribution in [2.24, 2.45) is 0 Å². The molecule has 0 unspecified atom stereocenters. The van der Waals surface area contributed by atoms with Gasteiger partial charge in [0.25, 0.3) is 5.56 Å². The third-order valence-electron chi connectivity index (χ3n) is 3.91. The lowest BCUT2D eigenvalue weighted by molar-refractivity contribution is 0.660. The van der Waals surface area contributed by atoms with Gasteiger partial charge in [0.2, 0.25) is 5.58 Å². The van der Waals surface area contributed by atoms with Gasteiger partial charge in [0, 0.05) is 5.39 Å². The van der Waals surface area contributed by atoms with Gasteiger partial charge in [0.1, 0.15) is 39.4 Å². The van der Waals surface area contributed by atoms with E-state index >= 15 is 0 Å². The summed E-state index contributed by atoms with van der Waals surface area (Å²) in [6.45, 7) is 3.56. The minimum absolute atomic E-state index is 0.214. The van der Waals surface area contributed by atoms with Crippen molar-refractivity contribution in [2.45, 2.75) is 24.6 Å². The SMILES string of the molecule is Cc1nc(C)c(C#N)c(SCc2nc3c(oc4ccccc43)c(=O)[nH]2)n1. The number of furan rings is 1. The Morgan fingerprint density at radius 3 is 2.85 bits per heavy atom. The number of para-hydroxylation sites is 1. The molecule has 0 aliphatic rings. The molecule has 1 N–H and O–H groups in total. The number of benzene rings is 1. The van der Waals surface area contributed by atoms with Crippen LogP contribution >= 0.6 is 11.8 Å². The first-order valence-corrected chi connectivity index (χ1v) is 8.84. The quantitative estimate of drug-likeness (QED) is 0.439. The number of aromatic nitrogens is 4. The Labute approximate surface area is 152 Å². The molecule has 8 heteroatoms. The highest BCUT2D eigenvalue weighted by Gasteiger charge is 2.15. The molecule has 4 aromatic rings. The Morgan fingerprint density at radius 1 is 1.23 bits per heavy atom. The van der Waals surface area contributed by atoms with Crippen LogP contribution < -0.4 is 5.56 Å². The number of aromatic amines is 1. The summed E-state index contributed by atoms with van der Waals surface area (Å²) in [7, 11) is 0. The van der Waals surface area contributed by atoms with Crippen molar-refractivity contribution < 1.29 is 4.42 Å². The van der Waals surface area contributed by atoms with Crippen LogP contribution in [0.5, 0.6) is 0 Å².